The molecular formula is C15H22N2O2. The van der Waals surface area contributed by atoms with Gasteiger partial charge < -0.3 is 10.4 Å². The van der Waals surface area contributed by atoms with E-state index in [0.717, 1.165) is 31.4 Å². The first-order valence-corrected chi connectivity index (χ1v) is 6.95. The molecule has 1 amide bonds. The maximum absolute atomic E-state index is 11.9. The number of hydrogen-bond acceptors (Lipinski definition) is 3. The van der Waals surface area contributed by atoms with Crippen LogP contribution in [0.3, 0.4) is 0 Å². The number of piperidine rings is 1. The third-order valence-corrected chi connectivity index (χ3v) is 3.64. The fraction of sp³-hybridized carbons (Fsp3) is 0.533. The molecule has 1 aromatic carbocycles. The Bertz CT molecular complexity index is 394. The highest BCUT2D eigenvalue weighted by atomic mass is 16.3. The molecule has 0 aromatic heterocycles. The molecule has 19 heavy (non-hydrogen) atoms. The second kappa shape index (κ2) is 7.26. The van der Waals surface area contributed by atoms with E-state index in [2.05, 4.69) is 10.2 Å². The summed E-state index contributed by atoms with van der Waals surface area (Å²) in [5, 5.41) is 12.2. The summed E-state index contributed by atoms with van der Waals surface area (Å²) in [5.74, 6) is 0.0317. The van der Waals surface area contributed by atoms with Crippen LogP contribution in [0, 0.1) is 0 Å². The molecule has 0 saturated carbocycles. The number of aliphatic hydroxyl groups excluding tert-OH is 1. The van der Waals surface area contributed by atoms with Gasteiger partial charge in [0.25, 0.3) is 0 Å². The number of carbonyl (C=O) groups excluding carboxylic acids is 1. The number of hydrogen-bond donors (Lipinski definition) is 2. The molecule has 1 heterocycles. The summed E-state index contributed by atoms with van der Waals surface area (Å²) in [6.45, 7) is 2.01. The van der Waals surface area contributed by atoms with Crippen LogP contribution in [0.25, 0.3) is 0 Å². The van der Waals surface area contributed by atoms with Crippen molar-refractivity contribution in [2.24, 2.45) is 0 Å². The second-order valence-corrected chi connectivity index (χ2v) is 5.06. The van der Waals surface area contributed by atoms with Crippen molar-refractivity contribution in [1.29, 1.82) is 0 Å². The molecule has 1 aliphatic rings. The van der Waals surface area contributed by atoms with E-state index >= 15 is 0 Å². The smallest absolute Gasteiger partial charge is 0.234 e. The van der Waals surface area contributed by atoms with Crippen molar-refractivity contribution in [3.05, 3.63) is 35.9 Å². The zero-order valence-corrected chi connectivity index (χ0v) is 11.2. The Labute approximate surface area is 114 Å². The summed E-state index contributed by atoms with van der Waals surface area (Å²) in [5.41, 5.74) is 1.10. The Morgan fingerprint density at radius 2 is 2.11 bits per heavy atom. The predicted molar refractivity (Wildman–Crippen MR) is 74.6 cm³/mol. The highest BCUT2D eigenvalue weighted by Gasteiger charge is 2.23. The molecule has 0 spiro atoms. The van der Waals surface area contributed by atoms with Gasteiger partial charge in [-0.15, -0.1) is 0 Å². The van der Waals surface area contributed by atoms with Crippen LogP contribution in [0.4, 0.5) is 0 Å². The van der Waals surface area contributed by atoms with Gasteiger partial charge in [0.15, 0.2) is 0 Å². The third-order valence-electron chi connectivity index (χ3n) is 3.64. The molecule has 0 bridgehead atoms. The maximum atomic E-state index is 11.9. The van der Waals surface area contributed by atoms with Crippen LogP contribution in [0.1, 0.15) is 24.8 Å². The third kappa shape index (κ3) is 4.33. The van der Waals surface area contributed by atoms with E-state index < -0.39 is 0 Å². The van der Waals surface area contributed by atoms with Crippen molar-refractivity contribution in [3.8, 4) is 0 Å². The standard InChI is InChI=1S/C15H22N2O2/c18-12-14-8-4-5-9-17(14)11-15(19)16-10-13-6-2-1-3-7-13/h1-3,6-7,14,18H,4-5,8-12H2,(H,16,19). The molecule has 4 nitrogen and oxygen atoms in total. The summed E-state index contributed by atoms with van der Waals surface area (Å²) in [7, 11) is 0. The van der Waals surface area contributed by atoms with E-state index in [1.807, 2.05) is 30.3 Å². The highest BCUT2D eigenvalue weighted by Crippen LogP contribution is 2.15. The number of aliphatic hydroxyl groups is 1. The summed E-state index contributed by atoms with van der Waals surface area (Å²) < 4.78 is 0. The number of rotatable bonds is 5. The number of benzene rings is 1. The number of amides is 1. The molecule has 1 atom stereocenters. The van der Waals surface area contributed by atoms with Gasteiger partial charge in [-0.05, 0) is 24.9 Å². The molecule has 1 saturated heterocycles. The Morgan fingerprint density at radius 1 is 1.32 bits per heavy atom. The Morgan fingerprint density at radius 3 is 2.84 bits per heavy atom. The van der Waals surface area contributed by atoms with Crippen molar-refractivity contribution < 1.29 is 9.90 Å². The number of nitrogens with one attached hydrogen (secondary N) is 1. The molecule has 4 heteroatoms. The van der Waals surface area contributed by atoms with Gasteiger partial charge in [0.1, 0.15) is 0 Å². The zero-order valence-electron chi connectivity index (χ0n) is 11.2. The van der Waals surface area contributed by atoms with Gasteiger partial charge >= 0.3 is 0 Å². The van der Waals surface area contributed by atoms with Crippen molar-refractivity contribution >= 4 is 5.91 Å². The molecule has 2 rings (SSSR count). The lowest BCUT2D eigenvalue weighted by molar-refractivity contribution is -0.123. The topological polar surface area (TPSA) is 52.6 Å². The Hall–Kier alpha value is -1.39. The van der Waals surface area contributed by atoms with Gasteiger partial charge in [-0.1, -0.05) is 36.8 Å². The molecule has 1 fully saturated rings. The van der Waals surface area contributed by atoms with E-state index in [4.69, 9.17) is 0 Å². The summed E-state index contributed by atoms with van der Waals surface area (Å²) in [6, 6.07) is 10.0. The molecule has 104 valence electrons. The molecular weight excluding hydrogens is 240 g/mol. The highest BCUT2D eigenvalue weighted by molar-refractivity contribution is 5.78. The van der Waals surface area contributed by atoms with Gasteiger partial charge in [-0.25, -0.2) is 0 Å². The van der Waals surface area contributed by atoms with Crippen molar-refractivity contribution in [1.82, 2.24) is 10.2 Å². The van der Waals surface area contributed by atoms with Crippen LogP contribution in [-0.2, 0) is 11.3 Å². The zero-order chi connectivity index (χ0) is 13.5. The monoisotopic (exact) mass is 262 g/mol. The number of nitrogens with zero attached hydrogens (tertiary/aromatic N) is 1. The Balaban J connectivity index is 1.77. The van der Waals surface area contributed by atoms with Gasteiger partial charge in [0.2, 0.25) is 5.91 Å². The fourth-order valence-corrected chi connectivity index (χ4v) is 2.51. The van der Waals surface area contributed by atoms with Crippen LogP contribution >= 0.6 is 0 Å². The molecule has 1 unspecified atom stereocenters. The van der Waals surface area contributed by atoms with E-state index in [0.29, 0.717) is 13.1 Å². The average molecular weight is 262 g/mol. The normalized spacial score (nSPS) is 20.2. The first kappa shape index (κ1) is 14.0. The lowest BCUT2D eigenvalue weighted by Crippen LogP contribution is -2.46. The summed E-state index contributed by atoms with van der Waals surface area (Å²) in [4.78, 5) is 14.0. The molecule has 0 aliphatic carbocycles. The predicted octanol–water partition coefficient (Wildman–Crippen LogP) is 1.15. The van der Waals surface area contributed by atoms with E-state index in [-0.39, 0.29) is 18.6 Å². The SMILES string of the molecule is O=C(CN1CCCCC1CO)NCc1ccccc1. The van der Waals surface area contributed by atoms with Gasteiger partial charge in [-0.3, -0.25) is 9.69 Å². The molecule has 1 aromatic rings. The lowest BCUT2D eigenvalue weighted by Gasteiger charge is -2.33. The number of carbonyl (C=O) groups is 1. The fourth-order valence-electron chi connectivity index (χ4n) is 2.51. The van der Waals surface area contributed by atoms with Gasteiger partial charge in [0.05, 0.1) is 13.2 Å². The average Bonchev–Trinajstić information content (AvgIpc) is 2.47. The number of likely N-dealkylation sites (tertiary alicyclic amines) is 1. The first-order valence-electron chi connectivity index (χ1n) is 6.95. The molecule has 1 aliphatic heterocycles. The quantitative estimate of drug-likeness (QED) is 0.837. The first-order chi connectivity index (χ1) is 9.29. The van der Waals surface area contributed by atoms with Crippen molar-refractivity contribution in [3.63, 3.8) is 0 Å². The van der Waals surface area contributed by atoms with Crippen LogP contribution < -0.4 is 5.32 Å². The lowest BCUT2D eigenvalue weighted by atomic mass is 10.0. The van der Waals surface area contributed by atoms with Gasteiger partial charge in [-0.2, -0.15) is 0 Å². The minimum atomic E-state index is 0.0317. The van der Waals surface area contributed by atoms with Crippen LogP contribution in [-0.4, -0.2) is 41.7 Å². The summed E-state index contributed by atoms with van der Waals surface area (Å²) >= 11 is 0. The Kier molecular flexibility index (Phi) is 5.36. The minimum Gasteiger partial charge on any atom is -0.395 e. The maximum Gasteiger partial charge on any atom is 0.234 e. The minimum absolute atomic E-state index is 0.0317. The van der Waals surface area contributed by atoms with Crippen LogP contribution in [0.2, 0.25) is 0 Å². The largest absolute Gasteiger partial charge is 0.395 e. The van der Waals surface area contributed by atoms with Crippen LogP contribution in [0.15, 0.2) is 30.3 Å². The van der Waals surface area contributed by atoms with Crippen LogP contribution in [0.5, 0.6) is 0 Å². The van der Waals surface area contributed by atoms with E-state index in [9.17, 15) is 9.90 Å². The second-order valence-electron chi connectivity index (χ2n) is 5.06. The van der Waals surface area contributed by atoms with Gasteiger partial charge in [0, 0.05) is 12.6 Å². The molecule has 2 N–H and O–H groups in total. The van der Waals surface area contributed by atoms with E-state index in [1.165, 1.54) is 0 Å². The van der Waals surface area contributed by atoms with Crippen molar-refractivity contribution in [2.45, 2.75) is 31.8 Å². The van der Waals surface area contributed by atoms with E-state index in [1.54, 1.807) is 0 Å². The molecule has 0 radical (unpaired) electrons. The summed E-state index contributed by atoms with van der Waals surface area (Å²) in [6.07, 6.45) is 3.25. The van der Waals surface area contributed by atoms with Crippen molar-refractivity contribution in [2.75, 3.05) is 19.7 Å².